The maximum Gasteiger partial charge on any atom is 0.191 e. The molecular formula is C11H18N4. The van der Waals surface area contributed by atoms with E-state index in [1.165, 1.54) is 0 Å². The quantitative estimate of drug-likeness (QED) is 0.598. The van der Waals surface area contributed by atoms with Crippen LogP contribution in [0.1, 0.15) is 19.4 Å². The number of aromatic nitrogens is 1. The summed E-state index contributed by atoms with van der Waals surface area (Å²) in [6.07, 6.45) is 3.59. The Bertz CT molecular complexity index is 319. The fraction of sp³-hybridized carbons (Fsp3) is 0.455. The van der Waals surface area contributed by atoms with Gasteiger partial charge in [0.25, 0.3) is 0 Å². The smallest absolute Gasteiger partial charge is 0.191 e. The summed E-state index contributed by atoms with van der Waals surface area (Å²) in [6, 6.07) is 4.16. The third-order valence-corrected chi connectivity index (χ3v) is 1.92. The lowest BCUT2D eigenvalue weighted by Gasteiger charge is -2.18. The van der Waals surface area contributed by atoms with E-state index in [4.69, 9.17) is 5.73 Å². The minimum absolute atomic E-state index is 0.223. The number of nitrogens with zero attached hydrogens (tertiary/aromatic N) is 3. The molecule has 0 aliphatic carbocycles. The molecular weight excluding hydrogens is 188 g/mol. The molecule has 0 fully saturated rings. The Morgan fingerprint density at radius 1 is 1.60 bits per heavy atom. The highest BCUT2D eigenvalue weighted by Crippen LogP contribution is 2.00. The number of aliphatic imine (C=N–C) groups is 1. The molecule has 0 saturated heterocycles. The molecule has 1 aromatic heterocycles. The van der Waals surface area contributed by atoms with Gasteiger partial charge in [0, 0.05) is 32.0 Å². The van der Waals surface area contributed by atoms with E-state index >= 15 is 0 Å². The van der Waals surface area contributed by atoms with Crippen LogP contribution in [0.5, 0.6) is 0 Å². The molecule has 0 amide bonds. The second-order valence-corrected chi connectivity index (χ2v) is 3.80. The second-order valence-electron chi connectivity index (χ2n) is 3.80. The largest absolute Gasteiger partial charge is 0.370 e. The summed E-state index contributed by atoms with van der Waals surface area (Å²) >= 11 is 0. The summed E-state index contributed by atoms with van der Waals surface area (Å²) in [4.78, 5) is 10.2. The monoisotopic (exact) mass is 206 g/mol. The number of rotatable bonds is 3. The average Bonchev–Trinajstić information content (AvgIpc) is 2.18. The van der Waals surface area contributed by atoms with Gasteiger partial charge in [0.15, 0.2) is 5.96 Å². The summed E-state index contributed by atoms with van der Waals surface area (Å²) in [5.41, 5.74) is 6.95. The fourth-order valence-corrected chi connectivity index (χ4v) is 1.21. The molecule has 2 N–H and O–H groups in total. The van der Waals surface area contributed by atoms with Crippen molar-refractivity contribution < 1.29 is 0 Å². The standard InChI is InChI=1S/C11H18N4/c1-9(2)14-11(12)15(3)8-10-5-4-6-13-7-10/h4-7,9H,8H2,1-3H3,(H2,12,14). The van der Waals surface area contributed by atoms with E-state index in [1.807, 2.05) is 44.1 Å². The van der Waals surface area contributed by atoms with Gasteiger partial charge in [-0.25, -0.2) is 0 Å². The lowest BCUT2D eigenvalue weighted by Crippen LogP contribution is -2.34. The first-order valence-corrected chi connectivity index (χ1v) is 5.03. The van der Waals surface area contributed by atoms with Crippen LogP contribution in [-0.4, -0.2) is 28.9 Å². The third kappa shape index (κ3) is 3.97. The Labute approximate surface area is 90.8 Å². The van der Waals surface area contributed by atoms with Crippen molar-refractivity contribution in [3.63, 3.8) is 0 Å². The van der Waals surface area contributed by atoms with Gasteiger partial charge in [-0.15, -0.1) is 0 Å². The zero-order valence-corrected chi connectivity index (χ0v) is 9.51. The van der Waals surface area contributed by atoms with E-state index in [1.54, 1.807) is 6.20 Å². The number of hydrogen-bond acceptors (Lipinski definition) is 2. The number of pyridine rings is 1. The van der Waals surface area contributed by atoms with Crippen LogP contribution in [-0.2, 0) is 6.54 Å². The first-order valence-electron chi connectivity index (χ1n) is 5.03. The van der Waals surface area contributed by atoms with Crippen molar-refractivity contribution in [2.45, 2.75) is 26.4 Å². The fourth-order valence-electron chi connectivity index (χ4n) is 1.21. The molecule has 82 valence electrons. The molecule has 0 atom stereocenters. The molecule has 0 bridgehead atoms. The molecule has 0 aromatic carbocycles. The minimum Gasteiger partial charge on any atom is -0.370 e. The van der Waals surface area contributed by atoms with Crippen LogP contribution in [0.15, 0.2) is 29.5 Å². The van der Waals surface area contributed by atoms with Crippen LogP contribution in [0.25, 0.3) is 0 Å². The molecule has 1 rings (SSSR count). The molecule has 15 heavy (non-hydrogen) atoms. The highest BCUT2D eigenvalue weighted by Gasteiger charge is 2.03. The van der Waals surface area contributed by atoms with Crippen molar-refractivity contribution in [3.8, 4) is 0 Å². The lowest BCUT2D eigenvalue weighted by molar-refractivity contribution is 0.488. The van der Waals surface area contributed by atoms with Crippen molar-refractivity contribution in [2.24, 2.45) is 10.7 Å². The van der Waals surface area contributed by atoms with Crippen LogP contribution < -0.4 is 5.73 Å². The van der Waals surface area contributed by atoms with Gasteiger partial charge >= 0.3 is 0 Å². The molecule has 0 aliphatic heterocycles. The molecule has 4 nitrogen and oxygen atoms in total. The van der Waals surface area contributed by atoms with Gasteiger partial charge in [0.05, 0.1) is 0 Å². The predicted molar refractivity (Wildman–Crippen MR) is 62.5 cm³/mol. The normalized spacial score (nSPS) is 11.9. The predicted octanol–water partition coefficient (Wildman–Crippen LogP) is 1.24. The molecule has 0 saturated carbocycles. The minimum atomic E-state index is 0.223. The van der Waals surface area contributed by atoms with Crippen LogP contribution in [0.2, 0.25) is 0 Å². The van der Waals surface area contributed by atoms with Gasteiger partial charge in [0.1, 0.15) is 0 Å². The van der Waals surface area contributed by atoms with E-state index < -0.39 is 0 Å². The van der Waals surface area contributed by atoms with Crippen molar-refractivity contribution in [3.05, 3.63) is 30.1 Å². The Kier molecular flexibility index (Phi) is 4.09. The Hall–Kier alpha value is -1.58. The average molecular weight is 206 g/mol. The van der Waals surface area contributed by atoms with Crippen LogP contribution in [0.4, 0.5) is 0 Å². The second kappa shape index (κ2) is 5.34. The summed E-state index contributed by atoms with van der Waals surface area (Å²) < 4.78 is 0. The Morgan fingerprint density at radius 2 is 2.33 bits per heavy atom. The van der Waals surface area contributed by atoms with E-state index in [9.17, 15) is 0 Å². The maximum atomic E-state index is 5.82. The van der Waals surface area contributed by atoms with Gasteiger partial charge in [-0.05, 0) is 25.5 Å². The van der Waals surface area contributed by atoms with E-state index in [2.05, 4.69) is 9.98 Å². The molecule has 1 heterocycles. The molecule has 4 heteroatoms. The summed E-state index contributed by atoms with van der Waals surface area (Å²) in [7, 11) is 1.92. The number of nitrogens with two attached hydrogens (primary N) is 1. The van der Waals surface area contributed by atoms with Gasteiger partial charge in [-0.2, -0.15) is 0 Å². The van der Waals surface area contributed by atoms with E-state index in [0.29, 0.717) is 5.96 Å². The van der Waals surface area contributed by atoms with Gasteiger partial charge in [-0.1, -0.05) is 6.07 Å². The van der Waals surface area contributed by atoms with E-state index in [0.717, 1.165) is 12.1 Å². The molecule has 0 spiro atoms. The SMILES string of the molecule is CC(C)N=C(N)N(C)Cc1cccnc1. The maximum absolute atomic E-state index is 5.82. The first kappa shape index (κ1) is 11.5. The van der Waals surface area contributed by atoms with Gasteiger partial charge in [-0.3, -0.25) is 9.98 Å². The van der Waals surface area contributed by atoms with Gasteiger partial charge in [0.2, 0.25) is 0 Å². The number of hydrogen-bond donors (Lipinski definition) is 1. The molecule has 0 radical (unpaired) electrons. The van der Waals surface area contributed by atoms with Crippen LogP contribution >= 0.6 is 0 Å². The van der Waals surface area contributed by atoms with Gasteiger partial charge < -0.3 is 10.6 Å². The Balaban J connectivity index is 2.60. The molecule has 0 aliphatic rings. The third-order valence-electron chi connectivity index (χ3n) is 1.92. The first-order chi connectivity index (χ1) is 7.09. The van der Waals surface area contributed by atoms with Crippen LogP contribution in [0.3, 0.4) is 0 Å². The lowest BCUT2D eigenvalue weighted by atomic mass is 10.3. The van der Waals surface area contributed by atoms with Crippen LogP contribution in [0, 0.1) is 0 Å². The Morgan fingerprint density at radius 3 is 2.87 bits per heavy atom. The summed E-state index contributed by atoms with van der Waals surface area (Å²) in [5.74, 6) is 0.564. The summed E-state index contributed by atoms with van der Waals surface area (Å²) in [6.45, 7) is 4.74. The number of guanidine groups is 1. The molecule has 1 aromatic rings. The van der Waals surface area contributed by atoms with Crippen molar-refractivity contribution in [1.82, 2.24) is 9.88 Å². The van der Waals surface area contributed by atoms with Crippen molar-refractivity contribution in [1.29, 1.82) is 0 Å². The highest BCUT2D eigenvalue weighted by atomic mass is 15.2. The zero-order chi connectivity index (χ0) is 11.3. The molecule has 0 unspecified atom stereocenters. The van der Waals surface area contributed by atoms with E-state index in [-0.39, 0.29) is 6.04 Å². The topological polar surface area (TPSA) is 54.5 Å². The highest BCUT2D eigenvalue weighted by molar-refractivity contribution is 5.77. The summed E-state index contributed by atoms with van der Waals surface area (Å²) in [5, 5.41) is 0. The van der Waals surface area contributed by atoms with Crippen molar-refractivity contribution in [2.75, 3.05) is 7.05 Å². The van der Waals surface area contributed by atoms with Crippen molar-refractivity contribution >= 4 is 5.96 Å². The zero-order valence-electron chi connectivity index (χ0n) is 9.51.